The molecular formula is C8H19NS. The van der Waals surface area contributed by atoms with Gasteiger partial charge >= 0.3 is 0 Å². The zero-order chi connectivity index (χ0) is 7.98. The molecule has 62 valence electrons. The Kier molecular flexibility index (Phi) is 6.24. The number of hydrogen-bond acceptors (Lipinski definition) is 2. The molecule has 0 aromatic rings. The Morgan fingerprint density at radius 3 is 2.30 bits per heavy atom. The van der Waals surface area contributed by atoms with Crippen molar-refractivity contribution < 1.29 is 0 Å². The normalized spacial score (nSPS) is 11.4. The maximum atomic E-state index is 4.16. The minimum atomic E-state index is 0.822. The average molecular weight is 161 g/mol. The SMILES string of the molecule is CC(C)CCN(C)CCS. The molecule has 10 heavy (non-hydrogen) atoms. The van der Waals surface area contributed by atoms with Gasteiger partial charge < -0.3 is 4.90 Å². The molecule has 2 heteroatoms. The second-order valence-corrected chi connectivity index (χ2v) is 3.66. The van der Waals surface area contributed by atoms with Crippen molar-refractivity contribution in [1.29, 1.82) is 0 Å². The van der Waals surface area contributed by atoms with Crippen molar-refractivity contribution in [1.82, 2.24) is 4.90 Å². The van der Waals surface area contributed by atoms with Gasteiger partial charge in [-0.25, -0.2) is 0 Å². The number of hydrogen-bond donors (Lipinski definition) is 1. The van der Waals surface area contributed by atoms with Crippen molar-refractivity contribution in [2.45, 2.75) is 20.3 Å². The summed E-state index contributed by atoms with van der Waals surface area (Å²) in [6.07, 6.45) is 1.30. The van der Waals surface area contributed by atoms with Gasteiger partial charge in [0.1, 0.15) is 0 Å². The third kappa shape index (κ3) is 6.43. The summed E-state index contributed by atoms with van der Waals surface area (Å²) in [4.78, 5) is 2.33. The van der Waals surface area contributed by atoms with E-state index in [1.807, 2.05) is 0 Å². The molecule has 0 rings (SSSR count). The maximum Gasteiger partial charge on any atom is 0.00668 e. The summed E-state index contributed by atoms with van der Waals surface area (Å²) in [7, 11) is 2.15. The first-order valence-corrected chi connectivity index (χ1v) is 4.59. The monoisotopic (exact) mass is 161 g/mol. The smallest absolute Gasteiger partial charge is 0.00668 e. The van der Waals surface area contributed by atoms with Gasteiger partial charge in [-0.3, -0.25) is 0 Å². The van der Waals surface area contributed by atoms with Crippen LogP contribution in [0.4, 0.5) is 0 Å². The lowest BCUT2D eigenvalue weighted by Crippen LogP contribution is -2.22. The van der Waals surface area contributed by atoms with Crippen LogP contribution in [0.3, 0.4) is 0 Å². The molecule has 0 aliphatic carbocycles. The Balaban J connectivity index is 3.12. The van der Waals surface area contributed by atoms with E-state index in [2.05, 4.69) is 38.4 Å². The molecule has 0 bridgehead atoms. The molecule has 0 atom stereocenters. The molecule has 0 fully saturated rings. The molecule has 0 aromatic heterocycles. The van der Waals surface area contributed by atoms with E-state index in [0.29, 0.717) is 0 Å². The van der Waals surface area contributed by atoms with Crippen molar-refractivity contribution in [3.63, 3.8) is 0 Å². The van der Waals surface area contributed by atoms with Gasteiger partial charge in [0.2, 0.25) is 0 Å². The lowest BCUT2D eigenvalue weighted by atomic mass is 10.1. The van der Waals surface area contributed by atoms with E-state index in [-0.39, 0.29) is 0 Å². The summed E-state index contributed by atoms with van der Waals surface area (Å²) >= 11 is 4.16. The summed E-state index contributed by atoms with van der Waals surface area (Å²) in [5.74, 6) is 1.79. The molecular weight excluding hydrogens is 142 g/mol. The highest BCUT2D eigenvalue weighted by Gasteiger charge is 1.97. The lowest BCUT2D eigenvalue weighted by Gasteiger charge is -2.15. The third-order valence-electron chi connectivity index (χ3n) is 1.57. The molecule has 0 aromatic carbocycles. The van der Waals surface area contributed by atoms with E-state index in [1.54, 1.807) is 0 Å². The van der Waals surface area contributed by atoms with Crippen LogP contribution in [0.5, 0.6) is 0 Å². The standard InChI is InChI=1S/C8H19NS/c1-8(2)4-5-9(3)6-7-10/h8,10H,4-7H2,1-3H3. The van der Waals surface area contributed by atoms with Gasteiger partial charge in [0, 0.05) is 12.3 Å². The third-order valence-corrected chi connectivity index (χ3v) is 1.77. The quantitative estimate of drug-likeness (QED) is 0.603. The fourth-order valence-electron chi connectivity index (χ4n) is 0.761. The zero-order valence-electron chi connectivity index (χ0n) is 7.30. The first-order valence-electron chi connectivity index (χ1n) is 3.96. The number of thiol groups is 1. The van der Waals surface area contributed by atoms with Gasteiger partial charge in [-0.15, -0.1) is 0 Å². The number of nitrogens with zero attached hydrogens (tertiary/aromatic N) is 1. The minimum Gasteiger partial charge on any atom is -0.306 e. The van der Waals surface area contributed by atoms with Crippen LogP contribution >= 0.6 is 12.6 Å². The summed E-state index contributed by atoms with van der Waals surface area (Å²) in [5.41, 5.74) is 0. The van der Waals surface area contributed by atoms with Gasteiger partial charge in [0.05, 0.1) is 0 Å². The molecule has 0 saturated carbocycles. The Morgan fingerprint density at radius 1 is 1.30 bits per heavy atom. The Labute approximate surface area is 70.2 Å². The van der Waals surface area contributed by atoms with Gasteiger partial charge in [-0.1, -0.05) is 13.8 Å². The minimum absolute atomic E-state index is 0.822. The predicted molar refractivity (Wildman–Crippen MR) is 50.8 cm³/mol. The molecule has 0 spiro atoms. The van der Waals surface area contributed by atoms with E-state index < -0.39 is 0 Å². The van der Waals surface area contributed by atoms with Gasteiger partial charge in [-0.2, -0.15) is 12.6 Å². The Bertz CT molecular complexity index is 73.7. The Morgan fingerprint density at radius 2 is 1.90 bits per heavy atom. The van der Waals surface area contributed by atoms with Crippen molar-refractivity contribution in [3.8, 4) is 0 Å². The van der Waals surface area contributed by atoms with Crippen molar-refractivity contribution in [2.75, 3.05) is 25.9 Å². The van der Waals surface area contributed by atoms with Crippen LogP contribution in [-0.4, -0.2) is 30.8 Å². The lowest BCUT2D eigenvalue weighted by molar-refractivity contribution is 0.328. The van der Waals surface area contributed by atoms with Gasteiger partial charge in [-0.05, 0) is 25.9 Å². The zero-order valence-corrected chi connectivity index (χ0v) is 8.19. The van der Waals surface area contributed by atoms with Crippen LogP contribution < -0.4 is 0 Å². The molecule has 0 saturated heterocycles. The second-order valence-electron chi connectivity index (χ2n) is 3.21. The maximum absolute atomic E-state index is 4.16. The van der Waals surface area contributed by atoms with Gasteiger partial charge in [0.25, 0.3) is 0 Å². The summed E-state index contributed by atoms with van der Waals surface area (Å²) < 4.78 is 0. The molecule has 1 nitrogen and oxygen atoms in total. The van der Waals surface area contributed by atoms with E-state index >= 15 is 0 Å². The van der Waals surface area contributed by atoms with Crippen molar-refractivity contribution in [3.05, 3.63) is 0 Å². The fourth-order valence-corrected chi connectivity index (χ4v) is 1.10. The van der Waals surface area contributed by atoms with Crippen LogP contribution in [0.15, 0.2) is 0 Å². The molecule has 0 N–H and O–H groups in total. The van der Waals surface area contributed by atoms with Crippen LogP contribution in [0.2, 0.25) is 0 Å². The average Bonchev–Trinajstić information content (AvgIpc) is 1.85. The van der Waals surface area contributed by atoms with E-state index in [1.165, 1.54) is 13.0 Å². The molecule has 0 aliphatic rings. The summed E-state index contributed by atoms with van der Waals surface area (Å²) in [6, 6.07) is 0. The largest absolute Gasteiger partial charge is 0.306 e. The van der Waals surface area contributed by atoms with Crippen LogP contribution in [0.1, 0.15) is 20.3 Å². The van der Waals surface area contributed by atoms with Crippen molar-refractivity contribution >= 4 is 12.6 Å². The summed E-state index contributed by atoms with van der Waals surface area (Å²) in [5, 5.41) is 0. The number of rotatable bonds is 5. The van der Waals surface area contributed by atoms with E-state index in [0.717, 1.165) is 18.2 Å². The highest BCUT2D eigenvalue weighted by Crippen LogP contribution is 1.99. The predicted octanol–water partition coefficient (Wildman–Crippen LogP) is 1.89. The van der Waals surface area contributed by atoms with Gasteiger partial charge in [0.15, 0.2) is 0 Å². The van der Waals surface area contributed by atoms with Crippen LogP contribution in [0, 0.1) is 5.92 Å². The molecule has 0 radical (unpaired) electrons. The Hall–Kier alpha value is 0.310. The summed E-state index contributed by atoms with van der Waals surface area (Å²) in [6.45, 7) is 6.83. The fraction of sp³-hybridized carbons (Fsp3) is 1.00. The highest BCUT2D eigenvalue weighted by molar-refractivity contribution is 7.80. The molecule has 0 heterocycles. The van der Waals surface area contributed by atoms with E-state index in [9.17, 15) is 0 Å². The van der Waals surface area contributed by atoms with Crippen molar-refractivity contribution in [2.24, 2.45) is 5.92 Å². The van der Waals surface area contributed by atoms with Crippen LogP contribution in [0.25, 0.3) is 0 Å². The molecule has 0 unspecified atom stereocenters. The molecule has 0 aliphatic heterocycles. The first-order chi connectivity index (χ1) is 4.66. The van der Waals surface area contributed by atoms with Crippen LogP contribution in [-0.2, 0) is 0 Å². The van der Waals surface area contributed by atoms with E-state index in [4.69, 9.17) is 0 Å². The first kappa shape index (κ1) is 10.3. The second kappa shape index (κ2) is 6.05. The topological polar surface area (TPSA) is 3.24 Å². The highest BCUT2D eigenvalue weighted by atomic mass is 32.1. The molecule has 0 amide bonds.